The van der Waals surface area contributed by atoms with Crippen LogP contribution >= 0.6 is 0 Å². The van der Waals surface area contributed by atoms with E-state index < -0.39 is 10.0 Å². The van der Waals surface area contributed by atoms with Gasteiger partial charge in [-0.05, 0) is 24.6 Å². The first-order valence-electron chi connectivity index (χ1n) is 3.72. The minimum absolute atomic E-state index is 0.427. The lowest BCUT2D eigenvalue weighted by molar-refractivity contribution is 0.607. The highest BCUT2D eigenvalue weighted by Crippen LogP contribution is 2.20. The summed E-state index contributed by atoms with van der Waals surface area (Å²) in [6.07, 6.45) is 1.09. The van der Waals surface area contributed by atoms with E-state index in [-0.39, 0.29) is 0 Å². The second-order valence-corrected chi connectivity index (χ2v) is 4.71. The Morgan fingerprint density at radius 2 is 2.00 bits per heavy atom. The van der Waals surface area contributed by atoms with Gasteiger partial charge in [0.15, 0.2) is 0 Å². The number of hydrogen-bond donors (Lipinski definition) is 2. The smallest absolute Gasteiger partial charge is 0.229 e. The van der Waals surface area contributed by atoms with Gasteiger partial charge in [0, 0.05) is 0 Å². The molecule has 0 radical (unpaired) electrons. The maximum absolute atomic E-state index is 10.9. The second-order valence-electron chi connectivity index (χ2n) is 2.96. The molecule has 0 unspecified atom stereocenters. The van der Waals surface area contributed by atoms with Gasteiger partial charge in [-0.3, -0.25) is 4.72 Å². The molecule has 0 atom stereocenters. The topological polar surface area (TPSA) is 72.2 Å². The summed E-state index contributed by atoms with van der Waals surface area (Å²) in [5, 5.41) is 0. The van der Waals surface area contributed by atoms with Crippen LogP contribution in [0.15, 0.2) is 18.2 Å². The van der Waals surface area contributed by atoms with Crippen LogP contribution in [0, 0.1) is 6.92 Å². The molecule has 13 heavy (non-hydrogen) atoms. The molecule has 0 saturated heterocycles. The molecule has 0 aliphatic rings. The minimum Gasteiger partial charge on any atom is -0.397 e. The fourth-order valence-corrected chi connectivity index (χ4v) is 1.53. The molecule has 0 amide bonds. The molecule has 0 aliphatic carbocycles. The van der Waals surface area contributed by atoms with Gasteiger partial charge in [-0.15, -0.1) is 0 Å². The normalized spacial score (nSPS) is 11.2. The van der Waals surface area contributed by atoms with Gasteiger partial charge in [0.2, 0.25) is 10.0 Å². The number of hydrogen-bond acceptors (Lipinski definition) is 3. The highest BCUT2D eigenvalue weighted by atomic mass is 32.2. The molecular weight excluding hydrogens is 188 g/mol. The Bertz CT molecular complexity index is 412. The molecule has 1 rings (SSSR count). The summed E-state index contributed by atoms with van der Waals surface area (Å²) in [7, 11) is -3.25. The molecular formula is C8H12N2O2S. The lowest BCUT2D eigenvalue weighted by Crippen LogP contribution is -2.11. The number of nitrogen functional groups attached to an aromatic ring is 1. The third-order valence-corrected chi connectivity index (χ3v) is 2.09. The van der Waals surface area contributed by atoms with Gasteiger partial charge in [0.1, 0.15) is 0 Å². The highest BCUT2D eigenvalue weighted by molar-refractivity contribution is 7.92. The maximum Gasteiger partial charge on any atom is 0.229 e. The van der Waals surface area contributed by atoms with Gasteiger partial charge in [0.25, 0.3) is 0 Å². The Labute approximate surface area is 77.8 Å². The van der Waals surface area contributed by atoms with Crippen molar-refractivity contribution in [1.82, 2.24) is 0 Å². The summed E-state index contributed by atoms with van der Waals surface area (Å²) in [5.41, 5.74) is 7.39. The van der Waals surface area contributed by atoms with Crippen LogP contribution in [0.25, 0.3) is 0 Å². The molecule has 0 fully saturated rings. The quantitative estimate of drug-likeness (QED) is 0.698. The number of sulfonamides is 1. The van der Waals surface area contributed by atoms with E-state index in [2.05, 4.69) is 4.72 Å². The van der Waals surface area contributed by atoms with Crippen LogP contribution in [0.3, 0.4) is 0 Å². The SMILES string of the molecule is Cc1ccc(N)c(NS(C)(=O)=O)c1. The average molecular weight is 200 g/mol. The summed E-state index contributed by atoms with van der Waals surface area (Å²) < 4.78 is 24.1. The zero-order chi connectivity index (χ0) is 10.1. The van der Waals surface area contributed by atoms with Crippen molar-refractivity contribution in [3.8, 4) is 0 Å². The monoisotopic (exact) mass is 200 g/mol. The Morgan fingerprint density at radius 1 is 1.38 bits per heavy atom. The van der Waals surface area contributed by atoms with Crippen LogP contribution in [0.4, 0.5) is 11.4 Å². The zero-order valence-electron chi connectivity index (χ0n) is 7.53. The highest BCUT2D eigenvalue weighted by Gasteiger charge is 2.04. The Balaban J connectivity index is 3.08. The molecule has 0 aliphatic heterocycles. The van der Waals surface area contributed by atoms with Crippen LogP contribution in [-0.4, -0.2) is 14.7 Å². The molecule has 0 aromatic heterocycles. The zero-order valence-corrected chi connectivity index (χ0v) is 8.35. The predicted molar refractivity (Wildman–Crippen MR) is 54.1 cm³/mol. The molecule has 5 heteroatoms. The number of rotatable bonds is 2. The summed E-state index contributed by atoms with van der Waals surface area (Å²) in [4.78, 5) is 0. The molecule has 0 spiro atoms. The molecule has 0 saturated carbocycles. The van der Waals surface area contributed by atoms with E-state index in [1.54, 1.807) is 12.1 Å². The molecule has 1 aromatic carbocycles. The van der Waals surface area contributed by atoms with E-state index >= 15 is 0 Å². The number of benzene rings is 1. The molecule has 0 heterocycles. The molecule has 4 nitrogen and oxygen atoms in total. The minimum atomic E-state index is -3.25. The van der Waals surface area contributed by atoms with Crippen molar-refractivity contribution in [2.45, 2.75) is 6.92 Å². The van der Waals surface area contributed by atoms with E-state index in [9.17, 15) is 8.42 Å². The first-order chi connectivity index (χ1) is 5.88. The van der Waals surface area contributed by atoms with Crippen LogP contribution in [0.1, 0.15) is 5.56 Å². The summed E-state index contributed by atoms with van der Waals surface area (Å²) in [6, 6.07) is 5.18. The third kappa shape index (κ3) is 2.95. The molecule has 1 aromatic rings. The largest absolute Gasteiger partial charge is 0.397 e. The van der Waals surface area contributed by atoms with Crippen molar-refractivity contribution in [2.24, 2.45) is 0 Å². The van der Waals surface area contributed by atoms with Crippen molar-refractivity contribution >= 4 is 21.4 Å². The lowest BCUT2D eigenvalue weighted by atomic mass is 10.2. The molecule has 72 valence electrons. The van der Waals surface area contributed by atoms with Crippen LogP contribution in [-0.2, 0) is 10.0 Å². The van der Waals surface area contributed by atoms with E-state index in [1.165, 1.54) is 0 Å². The van der Waals surface area contributed by atoms with Crippen molar-refractivity contribution in [1.29, 1.82) is 0 Å². The summed E-state index contributed by atoms with van der Waals surface area (Å²) in [5.74, 6) is 0. The average Bonchev–Trinajstić information content (AvgIpc) is 1.94. The summed E-state index contributed by atoms with van der Waals surface area (Å²) >= 11 is 0. The van der Waals surface area contributed by atoms with Crippen molar-refractivity contribution < 1.29 is 8.42 Å². The fraction of sp³-hybridized carbons (Fsp3) is 0.250. The predicted octanol–water partition coefficient (Wildman–Crippen LogP) is 0.949. The maximum atomic E-state index is 10.9. The number of anilines is 2. The molecule has 3 N–H and O–H groups in total. The number of aryl methyl sites for hydroxylation is 1. The van der Waals surface area contributed by atoms with Gasteiger partial charge in [-0.25, -0.2) is 8.42 Å². The van der Waals surface area contributed by atoms with E-state index in [1.807, 2.05) is 13.0 Å². The number of nitrogens with one attached hydrogen (secondary N) is 1. The van der Waals surface area contributed by atoms with Crippen molar-refractivity contribution in [2.75, 3.05) is 16.7 Å². The standard InChI is InChI=1S/C8H12N2O2S/c1-6-3-4-7(9)8(5-6)10-13(2,11)12/h3-5,10H,9H2,1-2H3. The van der Waals surface area contributed by atoms with Gasteiger partial charge >= 0.3 is 0 Å². The van der Waals surface area contributed by atoms with Crippen LogP contribution in [0.5, 0.6) is 0 Å². The van der Waals surface area contributed by atoms with Crippen LogP contribution < -0.4 is 10.5 Å². The van der Waals surface area contributed by atoms with Gasteiger partial charge < -0.3 is 5.73 Å². The van der Waals surface area contributed by atoms with E-state index in [0.717, 1.165) is 11.8 Å². The van der Waals surface area contributed by atoms with E-state index in [4.69, 9.17) is 5.73 Å². The van der Waals surface area contributed by atoms with Gasteiger partial charge in [-0.2, -0.15) is 0 Å². The van der Waals surface area contributed by atoms with Crippen LogP contribution in [0.2, 0.25) is 0 Å². The van der Waals surface area contributed by atoms with Gasteiger partial charge in [0.05, 0.1) is 17.6 Å². The molecule has 0 bridgehead atoms. The van der Waals surface area contributed by atoms with Crippen molar-refractivity contribution in [3.63, 3.8) is 0 Å². The fourth-order valence-electron chi connectivity index (χ4n) is 0.958. The lowest BCUT2D eigenvalue weighted by Gasteiger charge is -2.07. The second kappa shape index (κ2) is 3.26. The van der Waals surface area contributed by atoms with E-state index in [0.29, 0.717) is 11.4 Å². The Morgan fingerprint density at radius 3 is 2.54 bits per heavy atom. The summed E-state index contributed by atoms with van der Waals surface area (Å²) in [6.45, 7) is 1.87. The Kier molecular flexibility index (Phi) is 2.47. The Hall–Kier alpha value is -1.23. The van der Waals surface area contributed by atoms with Crippen molar-refractivity contribution in [3.05, 3.63) is 23.8 Å². The first-order valence-corrected chi connectivity index (χ1v) is 5.61. The third-order valence-electron chi connectivity index (χ3n) is 1.50. The van der Waals surface area contributed by atoms with Gasteiger partial charge in [-0.1, -0.05) is 6.07 Å². The first kappa shape index (κ1) is 9.85. The number of nitrogens with two attached hydrogens (primary N) is 1.